The summed E-state index contributed by atoms with van der Waals surface area (Å²) in [6, 6.07) is 0. The molecule has 0 aliphatic heterocycles. The van der Waals surface area contributed by atoms with E-state index in [0.29, 0.717) is 0 Å². The van der Waals surface area contributed by atoms with Crippen molar-refractivity contribution in [2.45, 2.75) is 20.8 Å². The Balaban J connectivity index is 0. The second kappa shape index (κ2) is 17.1. The van der Waals surface area contributed by atoms with Gasteiger partial charge in [0.05, 0.1) is 13.2 Å². The van der Waals surface area contributed by atoms with Gasteiger partial charge in [0.2, 0.25) is 0 Å². The number of ether oxygens (including phenoxy) is 3. The Labute approximate surface area is 76.0 Å². The molecule has 12 heavy (non-hydrogen) atoms. The Morgan fingerprint density at radius 2 is 1.08 bits per heavy atom. The van der Waals surface area contributed by atoms with E-state index in [0.717, 1.165) is 33.0 Å². The second-order valence-corrected chi connectivity index (χ2v) is 1.97. The SMILES string of the molecule is CCOC.CCOCCOCC. The largest absolute Gasteiger partial charge is 0.385 e. The van der Waals surface area contributed by atoms with Gasteiger partial charge in [-0.15, -0.1) is 0 Å². The fourth-order valence-electron chi connectivity index (χ4n) is 0.407. The molecule has 0 amide bonds. The lowest BCUT2D eigenvalue weighted by molar-refractivity contribution is 0.0584. The summed E-state index contributed by atoms with van der Waals surface area (Å²) in [5.74, 6) is 0. The fourth-order valence-corrected chi connectivity index (χ4v) is 0.407. The first-order valence-electron chi connectivity index (χ1n) is 4.47. The third kappa shape index (κ3) is 22.5. The standard InChI is InChI=1S/C6H14O2.C3H8O/c1-3-7-5-6-8-4-2;1-3-4-2/h3-6H2,1-2H3;3H2,1-2H3. The molecule has 0 fully saturated rings. The number of rotatable bonds is 6. The first-order valence-corrected chi connectivity index (χ1v) is 4.47. The van der Waals surface area contributed by atoms with Gasteiger partial charge < -0.3 is 14.2 Å². The fraction of sp³-hybridized carbons (Fsp3) is 1.00. The predicted molar refractivity (Wildman–Crippen MR) is 50.5 cm³/mol. The summed E-state index contributed by atoms with van der Waals surface area (Å²) in [5, 5.41) is 0. The van der Waals surface area contributed by atoms with Crippen molar-refractivity contribution in [3.8, 4) is 0 Å². The van der Waals surface area contributed by atoms with Gasteiger partial charge in [0, 0.05) is 26.9 Å². The van der Waals surface area contributed by atoms with Crippen molar-refractivity contribution in [3.05, 3.63) is 0 Å². The van der Waals surface area contributed by atoms with E-state index in [1.165, 1.54) is 0 Å². The zero-order valence-electron chi connectivity index (χ0n) is 8.76. The lowest BCUT2D eigenvalue weighted by Crippen LogP contribution is -2.02. The van der Waals surface area contributed by atoms with Crippen molar-refractivity contribution >= 4 is 0 Å². The molecular formula is C9H22O3. The third-order valence-electron chi connectivity index (χ3n) is 1.07. The Morgan fingerprint density at radius 1 is 0.750 bits per heavy atom. The van der Waals surface area contributed by atoms with E-state index in [9.17, 15) is 0 Å². The number of hydrogen-bond acceptors (Lipinski definition) is 3. The molecule has 0 aromatic carbocycles. The zero-order valence-corrected chi connectivity index (χ0v) is 8.76. The average Bonchev–Trinajstić information content (AvgIpc) is 2.13. The van der Waals surface area contributed by atoms with Crippen molar-refractivity contribution in [3.63, 3.8) is 0 Å². The molecule has 0 N–H and O–H groups in total. The lowest BCUT2D eigenvalue weighted by Gasteiger charge is -1.99. The van der Waals surface area contributed by atoms with E-state index < -0.39 is 0 Å². The van der Waals surface area contributed by atoms with Gasteiger partial charge in [0.25, 0.3) is 0 Å². The maximum atomic E-state index is 5.01. The summed E-state index contributed by atoms with van der Waals surface area (Å²) < 4.78 is 14.6. The lowest BCUT2D eigenvalue weighted by atomic mass is 10.7. The van der Waals surface area contributed by atoms with Crippen molar-refractivity contribution in [2.75, 3.05) is 40.1 Å². The minimum absolute atomic E-state index is 0.727. The van der Waals surface area contributed by atoms with E-state index in [2.05, 4.69) is 4.74 Å². The van der Waals surface area contributed by atoms with Gasteiger partial charge in [-0.05, 0) is 20.8 Å². The van der Waals surface area contributed by atoms with Gasteiger partial charge in [-0.1, -0.05) is 0 Å². The quantitative estimate of drug-likeness (QED) is 0.579. The minimum Gasteiger partial charge on any atom is -0.385 e. The van der Waals surface area contributed by atoms with E-state index in [1.54, 1.807) is 7.11 Å². The molecule has 3 nitrogen and oxygen atoms in total. The van der Waals surface area contributed by atoms with Gasteiger partial charge in [-0.3, -0.25) is 0 Å². The Bertz CT molecular complexity index is 49.7. The van der Waals surface area contributed by atoms with Crippen LogP contribution in [0.15, 0.2) is 0 Å². The first-order chi connectivity index (χ1) is 5.83. The number of methoxy groups -OCH3 is 1. The second-order valence-electron chi connectivity index (χ2n) is 1.97. The molecule has 3 heteroatoms. The van der Waals surface area contributed by atoms with Crippen LogP contribution >= 0.6 is 0 Å². The van der Waals surface area contributed by atoms with Crippen LogP contribution < -0.4 is 0 Å². The molecule has 0 bridgehead atoms. The van der Waals surface area contributed by atoms with Crippen LogP contribution in [0.25, 0.3) is 0 Å². The van der Waals surface area contributed by atoms with Gasteiger partial charge in [0.15, 0.2) is 0 Å². The minimum atomic E-state index is 0.727. The van der Waals surface area contributed by atoms with Gasteiger partial charge in [-0.2, -0.15) is 0 Å². The molecule has 0 atom stereocenters. The highest BCUT2D eigenvalue weighted by molar-refractivity contribution is 4.24. The van der Waals surface area contributed by atoms with Gasteiger partial charge in [0.1, 0.15) is 0 Å². The molecule has 0 spiro atoms. The van der Waals surface area contributed by atoms with Crippen LogP contribution in [0.3, 0.4) is 0 Å². The smallest absolute Gasteiger partial charge is 0.0700 e. The maximum absolute atomic E-state index is 5.01. The number of hydrogen-bond donors (Lipinski definition) is 0. The summed E-state index contributed by atoms with van der Waals surface area (Å²) in [6.45, 7) is 9.76. The maximum Gasteiger partial charge on any atom is 0.0700 e. The van der Waals surface area contributed by atoms with E-state index >= 15 is 0 Å². The van der Waals surface area contributed by atoms with E-state index in [4.69, 9.17) is 9.47 Å². The molecule has 76 valence electrons. The normalized spacial score (nSPS) is 9.00. The summed E-state index contributed by atoms with van der Waals surface area (Å²) in [5.41, 5.74) is 0. The first kappa shape index (κ1) is 14.4. The van der Waals surface area contributed by atoms with Gasteiger partial charge >= 0.3 is 0 Å². The zero-order chi connectivity index (χ0) is 9.66. The monoisotopic (exact) mass is 178 g/mol. The molecule has 0 aliphatic rings. The van der Waals surface area contributed by atoms with Crippen LogP contribution in [-0.2, 0) is 14.2 Å². The van der Waals surface area contributed by atoms with Crippen LogP contribution in [0.5, 0.6) is 0 Å². The molecule has 0 heterocycles. The third-order valence-corrected chi connectivity index (χ3v) is 1.07. The summed E-state index contributed by atoms with van der Waals surface area (Å²) in [7, 11) is 1.68. The molecule has 0 saturated heterocycles. The highest BCUT2D eigenvalue weighted by atomic mass is 16.5. The van der Waals surface area contributed by atoms with Crippen LogP contribution in [0.4, 0.5) is 0 Å². The summed E-state index contributed by atoms with van der Waals surface area (Å²) in [4.78, 5) is 0. The Kier molecular flexibility index (Phi) is 20.5. The highest BCUT2D eigenvalue weighted by Gasteiger charge is 1.81. The van der Waals surface area contributed by atoms with Crippen molar-refractivity contribution in [1.29, 1.82) is 0 Å². The molecule has 0 saturated carbocycles. The Morgan fingerprint density at radius 3 is 1.25 bits per heavy atom. The molecular weight excluding hydrogens is 156 g/mol. The van der Waals surface area contributed by atoms with E-state index in [-0.39, 0.29) is 0 Å². The van der Waals surface area contributed by atoms with Crippen LogP contribution in [0.2, 0.25) is 0 Å². The molecule has 0 aliphatic carbocycles. The van der Waals surface area contributed by atoms with Crippen molar-refractivity contribution < 1.29 is 14.2 Å². The molecule has 0 aromatic rings. The van der Waals surface area contributed by atoms with E-state index in [1.807, 2.05) is 20.8 Å². The van der Waals surface area contributed by atoms with Crippen LogP contribution in [0.1, 0.15) is 20.8 Å². The summed E-state index contributed by atoms with van der Waals surface area (Å²) in [6.07, 6.45) is 0. The molecule has 0 unspecified atom stereocenters. The molecule has 0 aromatic heterocycles. The highest BCUT2D eigenvalue weighted by Crippen LogP contribution is 1.75. The van der Waals surface area contributed by atoms with Crippen LogP contribution in [-0.4, -0.2) is 40.1 Å². The topological polar surface area (TPSA) is 27.7 Å². The average molecular weight is 178 g/mol. The van der Waals surface area contributed by atoms with Crippen molar-refractivity contribution in [2.24, 2.45) is 0 Å². The van der Waals surface area contributed by atoms with Crippen LogP contribution in [0, 0.1) is 0 Å². The van der Waals surface area contributed by atoms with Crippen molar-refractivity contribution in [1.82, 2.24) is 0 Å². The van der Waals surface area contributed by atoms with Gasteiger partial charge in [-0.25, -0.2) is 0 Å². The predicted octanol–water partition coefficient (Wildman–Crippen LogP) is 1.71. The Hall–Kier alpha value is -0.120. The molecule has 0 radical (unpaired) electrons. The summed E-state index contributed by atoms with van der Waals surface area (Å²) >= 11 is 0. The molecule has 0 rings (SSSR count).